The van der Waals surface area contributed by atoms with Gasteiger partial charge in [0.1, 0.15) is 0 Å². The van der Waals surface area contributed by atoms with Gasteiger partial charge in [0.2, 0.25) is 0 Å². The maximum atomic E-state index is 5.48. The molecule has 128 valence electrons. The fraction of sp³-hybridized carbons (Fsp3) is 0.529. The first-order valence-electron chi connectivity index (χ1n) is 8.05. The van der Waals surface area contributed by atoms with Gasteiger partial charge in [-0.1, -0.05) is 32.8 Å². The summed E-state index contributed by atoms with van der Waals surface area (Å²) in [4.78, 5) is 0. The van der Waals surface area contributed by atoms with Gasteiger partial charge in [-0.2, -0.15) is 0 Å². The van der Waals surface area contributed by atoms with Crippen molar-refractivity contribution in [3.05, 3.63) is 23.8 Å². The van der Waals surface area contributed by atoms with E-state index in [1.807, 2.05) is 25.1 Å². The summed E-state index contributed by atoms with van der Waals surface area (Å²) in [5.74, 6) is 0. The average molecular weight is 355 g/mol. The van der Waals surface area contributed by atoms with Gasteiger partial charge in [0, 0.05) is 11.4 Å². The molecule has 2 N–H and O–H groups in total. The number of ether oxygens (including phenoxy) is 2. The van der Waals surface area contributed by atoms with Gasteiger partial charge in [-0.05, 0) is 61.9 Å². The van der Waals surface area contributed by atoms with Crippen LogP contribution in [0.3, 0.4) is 0 Å². The number of aryl methyl sites for hydroxylation is 1. The number of hydrogen-bond acceptors (Lipinski definition) is 4. The van der Waals surface area contributed by atoms with Gasteiger partial charge in [-0.3, -0.25) is 0 Å². The molecule has 1 aromatic rings. The number of nitrogens with one attached hydrogen (secondary N) is 2. The Morgan fingerprint density at radius 1 is 0.957 bits per heavy atom. The number of hydrogen-bond donors (Lipinski definition) is 2. The SMILES string of the molecule is CCCCOC(=S)Nc1ccc(C)c(NC(=S)OCCCC)c1. The Bertz CT molecular complexity index is 521. The van der Waals surface area contributed by atoms with E-state index in [2.05, 4.69) is 24.5 Å². The van der Waals surface area contributed by atoms with E-state index in [-0.39, 0.29) is 0 Å². The van der Waals surface area contributed by atoms with Gasteiger partial charge in [0.05, 0.1) is 13.2 Å². The highest BCUT2D eigenvalue weighted by Crippen LogP contribution is 2.21. The van der Waals surface area contributed by atoms with Crippen LogP contribution in [0.4, 0.5) is 11.4 Å². The molecule has 0 aliphatic heterocycles. The van der Waals surface area contributed by atoms with Gasteiger partial charge in [-0.25, -0.2) is 0 Å². The zero-order valence-corrected chi connectivity index (χ0v) is 15.7. The van der Waals surface area contributed by atoms with Crippen molar-refractivity contribution in [1.29, 1.82) is 0 Å². The van der Waals surface area contributed by atoms with Crippen molar-refractivity contribution in [3.63, 3.8) is 0 Å². The van der Waals surface area contributed by atoms with Crippen LogP contribution in [-0.2, 0) is 9.47 Å². The van der Waals surface area contributed by atoms with E-state index in [4.69, 9.17) is 33.9 Å². The van der Waals surface area contributed by atoms with Crippen LogP contribution in [-0.4, -0.2) is 23.6 Å². The van der Waals surface area contributed by atoms with Gasteiger partial charge in [0.15, 0.2) is 0 Å². The van der Waals surface area contributed by atoms with Crippen LogP contribution in [0.1, 0.15) is 45.1 Å². The van der Waals surface area contributed by atoms with Crippen molar-refractivity contribution in [2.75, 3.05) is 23.8 Å². The van der Waals surface area contributed by atoms with Crippen LogP contribution in [0.25, 0.3) is 0 Å². The maximum absolute atomic E-state index is 5.48. The fourth-order valence-corrected chi connectivity index (χ4v) is 2.15. The first kappa shape index (κ1) is 19.6. The molecule has 0 aliphatic carbocycles. The highest BCUT2D eigenvalue weighted by molar-refractivity contribution is 7.80. The van der Waals surface area contributed by atoms with Crippen LogP contribution in [0.5, 0.6) is 0 Å². The summed E-state index contributed by atoms with van der Waals surface area (Å²) in [5.41, 5.74) is 2.83. The van der Waals surface area contributed by atoms with E-state index in [1.54, 1.807) is 0 Å². The number of anilines is 2. The van der Waals surface area contributed by atoms with Crippen LogP contribution in [0.15, 0.2) is 18.2 Å². The average Bonchev–Trinajstić information content (AvgIpc) is 2.51. The van der Waals surface area contributed by atoms with Gasteiger partial charge >= 0.3 is 0 Å². The van der Waals surface area contributed by atoms with Gasteiger partial charge in [0.25, 0.3) is 10.3 Å². The number of thiocarbonyl (C=S) groups is 2. The normalized spacial score (nSPS) is 10.0. The van der Waals surface area contributed by atoms with E-state index >= 15 is 0 Å². The van der Waals surface area contributed by atoms with Gasteiger partial charge < -0.3 is 20.1 Å². The summed E-state index contributed by atoms with van der Waals surface area (Å²) in [5, 5.41) is 6.97. The topological polar surface area (TPSA) is 42.5 Å². The molecule has 4 nitrogen and oxygen atoms in total. The quantitative estimate of drug-likeness (QED) is 0.504. The lowest BCUT2D eigenvalue weighted by atomic mass is 10.2. The van der Waals surface area contributed by atoms with E-state index in [0.29, 0.717) is 23.6 Å². The third-order valence-electron chi connectivity index (χ3n) is 3.18. The zero-order valence-electron chi connectivity index (χ0n) is 14.1. The highest BCUT2D eigenvalue weighted by atomic mass is 32.1. The predicted molar refractivity (Wildman–Crippen MR) is 105 cm³/mol. The first-order chi connectivity index (χ1) is 11.1. The van der Waals surface area contributed by atoms with Crippen molar-refractivity contribution < 1.29 is 9.47 Å². The zero-order chi connectivity index (χ0) is 17.1. The highest BCUT2D eigenvalue weighted by Gasteiger charge is 2.05. The van der Waals surface area contributed by atoms with Crippen molar-refractivity contribution in [3.8, 4) is 0 Å². The van der Waals surface area contributed by atoms with Crippen LogP contribution in [0.2, 0.25) is 0 Å². The summed E-state index contributed by atoms with van der Waals surface area (Å²) in [6, 6.07) is 5.89. The molecular weight excluding hydrogens is 328 g/mol. The Labute approximate surface area is 149 Å². The maximum Gasteiger partial charge on any atom is 0.261 e. The summed E-state index contributed by atoms with van der Waals surface area (Å²) in [7, 11) is 0. The molecule has 23 heavy (non-hydrogen) atoms. The summed E-state index contributed by atoms with van der Waals surface area (Å²) in [6.45, 7) is 7.51. The van der Waals surface area contributed by atoms with E-state index < -0.39 is 0 Å². The third-order valence-corrected chi connectivity index (χ3v) is 3.62. The Hall–Kier alpha value is -1.40. The summed E-state index contributed by atoms with van der Waals surface area (Å²) >= 11 is 10.4. The molecule has 1 rings (SSSR count). The minimum atomic E-state index is 0.384. The van der Waals surface area contributed by atoms with Crippen molar-refractivity contribution in [2.24, 2.45) is 0 Å². The van der Waals surface area contributed by atoms with E-state index in [9.17, 15) is 0 Å². The molecule has 0 amide bonds. The lowest BCUT2D eigenvalue weighted by Gasteiger charge is -2.14. The van der Waals surface area contributed by atoms with Crippen LogP contribution < -0.4 is 10.6 Å². The molecule has 0 unspecified atom stereocenters. The van der Waals surface area contributed by atoms with Crippen LogP contribution in [0, 0.1) is 6.92 Å². The number of unbranched alkanes of at least 4 members (excludes halogenated alkanes) is 2. The molecule has 6 heteroatoms. The van der Waals surface area contributed by atoms with Crippen molar-refractivity contribution in [1.82, 2.24) is 0 Å². The molecule has 0 heterocycles. The minimum absolute atomic E-state index is 0.384. The molecule has 0 atom stereocenters. The van der Waals surface area contributed by atoms with E-state index in [0.717, 1.165) is 42.6 Å². The molecule has 0 fully saturated rings. The molecule has 0 aliphatic rings. The second-order valence-corrected chi connectivity index (χ2v) is 6.00. The Morgan fingerprint density at radius 2 is 1.52 bits per heavy atom. The van der Waals surface area contributed by atoms with Gasteiger partial charge in [-0.15, -0.1) is 0 Å². The van der Waals surface area contributed by atoms with Crippen molar-refractivity contribution in [2.45, 2.75) is 46.5 Å². The second kappa shape index (κ2) is 11.2. The molecule has 0 spiro atoms. The smallest absolute Gasteiger partial charge is 0.261 e. The Kier molecular flexibility index (Phi) is 9.55. The largest absolute Gasteiger partial charge is 0.471 e. The monoisotopic (exact) mass is 354 g/mol. The lowest BCUT2D eigenvalue weighted by molar-refractivity contribution is 0.304. The molecule has 0 saturated carbocycles. The molecule has 1 aromatic carbocycles. The predicted octanol–water partition coefficient (Wildman–Crippen LogP) is 5.02. The third kappa shape index (κ3) is 8.13. The Balaban J connectivity index is 2.57. The standard InChI is InChI=1S/C17H26N2O2S2/c1-4-6-10-20-16(22)18-14-9-8-13(3)15(12-14)19-17(23)21-11-7-5-2/h8-9,12H,4-7,10-11H2,1-3H3,(H,18,22)(H,19,23). The molecule has 0 aromatic heterocycles. The van der Waals surface area contributed by atoms with E-state index in [1.165, 1.54) is 0 Å². The van der Waals surface area contributed by atoms with Crippen molar-refractivity contribution >= 4 is 46.2 Å². The van der Waals surface area contributed by atoms with Crippen LogP contribution >= 0.6 is 24.4 Å². The Morgan fingerprint density at radius 3 is 2.09 bits per heavy atom. The molecule has 0 saturated heterocycles. The minimum Gasteiger partial charge on any atom is -0.471 e. The number of benzene rings is 1. The summed E-state index contributed by atoms with van der Waals surface area (Å²) in [6.07, 6.45) is 4.14. The fourth-order valence-electron chi connectivity index (χ4n) is 1.75. The number of rotatable bonds is 8. The first-order valence-corrected chi connectivity index (χ1v) is 8.86. The molecule has 0 bridgehead atoms. The second-order valence-electron chi connectivity index (χ2n) is 5.26. The summed E-state index contributed by atoms with van der Waals surface area (Å²) < 4.78 is 10.9. The lowest BCUT2D eigenvalue weighted by Crippen LogP contribution is -2.16. The molecule has 0 radical (unpaired) electrons. The molecular formula is C17H26N2O2S2.